The zero-order chi connectivity index (χ0) is 17.9. The van der Waals surface area contributed by atoms with Crippen LogP contribution in [0.2, 0.25) is 5.02 Å². The van der Waals surface area contributed by atoms with Gasteiger partial charge in [0.1, 0.15) is 0 Å². The molecular weight excluding hydrogens is 342 g/mol. The number of hydrogen-bond donors (Lipinski definition) is 1. The van der Waals surface area contributed by atoms with E-state index in [0.717, 1.165) is 36.4 Å². The van der Waals surface area contributed by atoms with Crippen molar-refractivity contribution in [2.24, 2.45) is 11.8 Å². The highest BCUT2D eigenvalue weighted by Gasteiger charge is 2.32. The van der Waals surface area contributed by atoms with Gasteiger partial charge in [-0.1, -0.05) is 48.7 Å². The fourth-order valence-corrected chi connectivity index (χ4v) is 4.38. The van der Waals surface area contributed by atoms with E-state index in [4.69, 9.17) is 11.6 Å². The Hall–Kier alpha value is -1.80. The maximum atomic E-state index is 13.2. The molecule has 26 heavy (non-hydrogen) atoms. The van der Waals surface area contributed by atoms with Crippen LogP contribution in [0.3, 0.4) is 0 Å². The van der Waals surface area contributed by atoms with Gasteiger partial charge in [-0.15, -0.1) is 0 Å². The molecule has 2 aliphatic carbocycles. The Kier molecular flexibility index (Phi) is 5.31. The Balaban J connectivity index is 1.53. The summed E-state index contributed by atoms with van der Waals surface area (Å²) in [4.78, 5) is 13.2. The second-order valence-corrected chi connectivity index (χ2v) is 8.35. The van der Waals surface area contributed by atoms with Gasteiger partial charge in [-0.25, -0.2) is 0 Å². The zero-order valence-corrected chi connectivity index (χ0v) is 15.8. The van der Waals surface area contributed by atoms with Gasteiger partial charge in [-0.05, 0) is 79.3 Å². The van der Waals surface area contributed by atoms with Crippen LogP contribution >= 0.6 is 11.6 Å². The number of benzene rings is 2. The lowest BCUT2D eigenvalue weighted by atomic mass is 9.84. The van der Waals surface area contributed by atoms with Crippen molar-refractivity contribution in [3.8, 4) is 0 Å². The predicted octanol–water partition coefficient (Wildman–Crippen LogP) is 6.21. The number of carbonyl (C=O) groups is 1. The third-order valence-electron chi connectivity index (χ3n) is 5.80. The molecular formula is C23H26ClNO. The van der Waals surface area contributed by atoms with Crippen LogP contribution in [0.15, 0.2) is 48.5 Å². The van der Waals surface area contributed by atoms with Crippen molar-refractivity contribution in [2.45, 2.75) is 50.9 Å². The first-order chi connectivity index (χ1) is 12.7. The molecule has 2 saturated carbocycles. The van der Waals surface area contributed by atoms with E-state index in [1.807, 2.05) is 30.3 Å². The summed E-state index contributed by atoms with van der Waals surface area (Å²) in [6.45, 7) is 0. The number of anilines is 1. The third kappa shape index (κ3) is 4.29. The van der Waals surface area contributed by atoms with Gasteiger partial charge in [-0.3, -0.25) is 4.79 Å². The highest BCUT2D eigenvalue weighted by atomic mass is 35.5. The molecule has 136 valence electrons. The minimum Gasteiger partial charge on any atom is -0.326 e. The van der Waals surface area contributed by atoms with Gasteiger partial charge < -0.3 is 5.32 Å². The summed E-state index contributed by atoms with van der Waals surface area (Å²) in [5.74, 6) is 1.29. The lowest BCUT2D eigenvalue weighted by Gasteiger charge is -2.23. The van der Waals surface area contributed by atoms with Crippen molar-refractivity contribution in [1.82, 2.24) is 0 Å². The summed E-state index contributed by atoms with van der Waals surface area (Å²) in [5, 5.41) is 3.91. The molecule has 1 atom stereocenters. The van der Waals surface area contributed by atoms with Gasteiger partial charge in [-0.2, -0.15) is 0 Å². The van der Waals surface area contributed by atoms with Crippen molar-refractivity contribution < 1.29 is 4.79 Å². The molecule has 0 spiro atoms. The fourth-order valence-electron chi connectivity index (χ4n) is 4.25. The average Bonchev–Trinajstić information content (AvgIpc) is 3.28. The van der Waals surface area contributed by atoms with Gasteiger partial charge in [0.2, 0.25) is 5.91 Å². The molecule has 2 fully saturated rings. The molecule has 1 N–H and O–H groups in total. The van der Waals surface area contributed by atoms with Crippen LogP contribution in [-0.4, -0.2) is 5.91 Å². The maximum Gasteiger partial charge on any atom is 0.232 e. The Morgan fingerprint density at radius 1 is 1.04 bits per heavy atom. The molecule has 2 aliphatic rings. The van der Waals surface area contributed by atoms with Crippen molar-refractivity contribution in [3.63, 3.8) is 0 Å². The lowest BCUT2D eigenvalue weighted by Crippen LogP contribution is -2.26. The van der Waals surface area contributed by atoms with E-state index in [9.17, 15) is 4.79 Å². The second-order valence-electron chi connectivity index (χ2n) is 7.91. The molecule has 2 aromatic carbocycles. The van der Waals surface area contributed by atoms with Gasteiger partial charge in [0.05, 0.1) is 5.92 Å². The molecule has 0 aromatic heterocycles. The fraction of sp³-hybridized carbons (Fsp3) is 0.435. The van der Waals surface area contributed by atoms with Gasteiger partial charge in [0.25, 0.3) is 0 Å². The lowest BCUT2D eigenvalue weighted by molar-refractivity contribution is -0.118. The first kappa shape index (κ1) is 17.6. The summed E-state index contributed by atoms with van der Waals surface area (Å²) < 4.78 is 0. The number of hydrogen-bond acceptors (Lipinski definition) is 1. The van der Waals surface area contributed by atoms with Crippen molar-refractivity contribution in [3.05, 3.63) is 64.7 Å². The third-order valence-corrected chi connectivity index (χ3v) is 6.05. The Labute approximate surface area is 161 Å². The largest absolute Gasteiger partial charge is 0.326 e. The Morgan fingerprint density at radius 2 is 1.77 bits per heavy atom. The van der Waals surface area contributed by atoms with Crippen LogP contribution in [0, 0.1) is 11.8 Å². The highest BCUT2D eigenvalue weighted by Crippen LogP contribution is 2.38. The molecule has 0 bridgehead atoms. The summed E-state index contributed by atoms with van der Waals surface area (Å²) in [6.07, 6.45) is 8.52. The smallest absolute Gasteiger partial charge is 0.232 e. The topological polar surface area (TPSA) is 29.1 Å². The van der Waals surface area contributed by atoms with Crippen LogP contribution in [0.4, 0.5) is 5.69 Å². The van der Waals surface area contributed by atoms with E-state index in [-0.39, 0.29) is 11.8 Å². The SMILES string of the molecule is O=C(Nc1cccc(CC2CC2)c1)C(c1ccc(Cl)cc1)C1CCCC1. The summed E-state index contributed by atoms with van der Waals surface area (Å²) in [6, 6.07) is 16.2. The van der Waals surface area contributed by atoms with Crippen molar-refractivity contribution in [2.75, 3.05) is 5.32 Å². The molecule has 0 heterocycles. The molecule has 1 unspecified atom stereocenters. The summed E-state index contributed by atoms with van der Waals surface area (Å²) in [7, 11) is 0. The first-order valence-corrected chi connectivity index (χ1v) is 10.2. The zero-order valence-electron chi connectivity index (χ0n) is 15.1. The monoisotopic (exact) mass is 367 g/mol. The molecule has 0 aliphatic heterocycles. The minimum atomic E-state index is -0.0955. The van der Waals surface area contributed by atoms with E-state index in [1.54, 1.807) is 0 Å². The van der Waals surface area contributed by atoms with Crippen LogP contribution in [0.25, 0.3) is 0 Å². The van der Waals surface area contributed by atoms with Gasteiger partial charge in [0.15, 0.2) is 0 Å². The van der Waals surface area contributed by atoms with Crippen LogP contribution < -0.4 is 5.32 Å². The minimum absolute atomic E-state index is 0.0955. The maximum absolute atomic E-state index is 13.2. The number of carbonyl (C=O) groups excluding carboxylic acids is 1. The number of halogens is 1. The Morgan fingerprint density at radius 3 is 2.46 bits per heavy atom. The van der Waals surface area contributed by atoms with E-state index >= 15 is 0 Å². The van der Waals surface area contributed by atoms with E-state index in [1.165, 1.54) is 31.2 Å². The van der Waals surface area contributed by atoms with E-state index < -0.39 is 0 Å². The molecule has 0 saturated heterocycles. The molecule has 2 nitrogen and oxygen atoms in total. The molecule has 3 heteroatoms. The number of rotatable bonds is 6. The van der Waals surface area contributed by atoms with Crippen LogP contribution in [0.1, 0.15) is 55.6 Å². The summed E-state index contributed by atoms with van der Waals surface area (Å²) >= 11 is 6.05. The number of amides is 1. The second kappa shape index (κ2) is 7.84. The predicted molar refractivity (Wildman–Crippen MR) is 108 cm³/mol. The van der Waals surface area contributed by atoms with E-state index in [2.05, 4.69) is 23.5 Å². The van der Waals surface area contributed by atoms with Crippen LogP contribution in [-0.2, 0) is 11.2 Å². The molecule has 4 rings (SSSR count). The highest BCUT2D eigenvalue weighted by molar-refractivity contribution is 6.30. The Bertz CT molecular complexity index is 760. The summed E-state index contributed by atoms with van der Waals surface area (Å²) in [5.41, 5.74) is 3.33. The van der Waals surface area contributed by atoms with Crippen LogP contribution in [0.5, 0.6) is 0 Å². The molecule has 2 aromatic rings. The van der Waals surface area contributed by atoms with Crippen molar-refractivity contribution >= 4 is 23.2 Å². The first-order valence-electron chi connectivity index (χ1n) is 9.84. The normalized spacial score (nSPS) is 18.7. The molecule has 0 radical (unpaired) electrons. The quantitative estimate of drug-likeness (QED) is 0.646. The number of nitrogens with one attached hydrogen (secondary N) is 1. The average molecular weight is 368 g/mol. The van der Waals surface area contributed by atoms with Gasteiger partial charge >= 0.3 is 0 Å². The molecule has 1 amide bonds. The standard InChI is InChI=1S/C23H26ClNO/c24-20-12-10-19(11-13-20)22(18-5-1-2-6-18)23(26)25-21-7-3-4-17(15-21)14-16-8-9-16/h3-4,7,10-13,15-16,18,22H,1-2,5-6,8-9,14H2,(H,25,26). The van der Waals surface area contributed by atoms with E-state index in [0.29, 0.717) is 10.9 Å². The van der Waals surface area contributed by atoms with Crippen molar-refractivity contribution in [1.29, 1.82) is 0 Å². The van der Waals surface area contributed by atoms with Gasteiger partial charge in [0, 0.05) is 10.7 Å².